The normalized spacial score (nSPS) is 14.7. The largest absolute Gasteiger partial charge is 0.487 e. The topological polar surface area (TPSA) is 72.5 Å². The Morgan fingerprint density at radius 2 is 1.77 bits per heavy atom. The Bertz CT molecular complexity index is 1270. The van der Waals surface area contributed by atoms with Gasteiger partial charge in [-0.1, -0.05) is 54.5 Å². The van der Waals surface area contributed by atoms with Crippen LogP contribution >= 0.6 is 0 Å². The van der Waals surface area contributed by atoms with Gasteiger partial charge in [-0.25, -0.2) is 8.42 Å². The Hall–Kier alpha value is -3.56. The standard InChI is InChI=1S/C25H21NO4S/c1-31(28,29)22-13-11-19(12-14-22)23-9-5-8-20-16-21(30-25(20)23)17-26-24(27)15-10-18-6-3-2-4-7-18/h2-9,11-14,21H,16-17H2,1H3,(H,26,27)/t21-/m1/s1. The monoisotopic (exact) mass is 431 g/mol. The van der Waals surface area contributed by atoms with Gasteiger partial charge in [0.2, 0.25) is 0 Å². The highest BCUT2D eigenvalue weighted by atomic mass is 32.2. The zero-order chi connectivity index (χ0) is 21.8. The number of carbonyl (C=O) groups excluding carboxylic acids is 1. The van der Waals surface area contributed by atoms with E-state index in [0.717, 1.165) is 28.0 Å². The first-order chi connectivity index (χ1) is 14.9. The highest BCUT2D eigenvalue weighted by Crippen LogP contribution is 2.38. The van der Waals surface area contributed by atoms with E-state index in [2.05, 4.69) is 17.2 Å². The van der Waals surface area contributed by atoms with Crippen molar-refractivity contribution in [1.82, 2.24) is 5.32 Å². The van der Waals surface area contributed by atoms with E-state index in [1.807, 2.05) is 48.5 Å². The lowest BCUT2D eigenvalue weighted by molar-refractivity contribution is -0.116. The second-order valence-corrected chi connectivity index (χ2v) is 9.38. The van der Waals surface area contributed by atoms with E-state index in [1.165, 1.54) is 6.26 Å². The van der Waals surface area contributed by atoms with Gasteiger partial charge in [-0.05, 0) is 35.4 Å². The van der Waals surface area contributed by atoms with Gasteiger partial charge in [0.1, 0.15) is 11.9 Å². The summed E-state index contributed by atoms with van der Waals surface area (Å²) in [4.78, 5) is 12.3. The minimum absolute atomic E-state index is 0.186. The van der Waals surface area contributed by atoms with E-state index in [4.69, 9.17) is 4.74 Å². The zero-order valence-corrected chi connectivity index (χ0v) is 17.8. The molecule has 6 heteroatoms. The Labute approximate surface area is 182 Å². The van der Waals surface area contributed by atoms with Crippen molar-refractivity contribution < 1.29 is 17.9 Å². The van der Waals surface area contributed by atoms with E-state index < -0.39 is 9.84 Å². The third-order valence-corrected chi connectivity index (χ3v) is 6.14. The number of carbonyl (C=O) groups is 1. The summed E-state index contributed by atoms with van der Waals surface area (Å²) in [5, 5.41) is 2.81. The van der Waals surface area contributed by atoms with Gasteiger partial charge in [-0.15, -0.1) is 0 Å². The van der Waals surface area contributed by atoms with E-state index in [9.17, 15) is 13.2 Å². The van der Waals surface area contributed by atoms with Crippen LogP contribution in [0.5, 0.6) is 5.75 Å². The van der Waals surface area contributed by atoms with Crippen LogP contribution in [0.15, 0.2) is 77.7 Å². The molecule has 1 atom stereocenters. The van der Waals surface area contributed by atoms with Crippen LogP contribution in [-0.2, 0) is 21.1 Å². The van der Waals surface area contributed by atoms with Crippen LogP contribution in [-0.4, -0.2) is 33.2 Å². The zero-order valence-electron chi connectivity index (χ0n) is 17.0. The Balaban J connectivity index is 1.43. The maximum absolute atomic E-state index is 12.1. The summed E-state index contributed by atoms with van der Waals surface area (Å²) in [6.45, 7) is 0.351. The van der Waals surface area contributed by atoms with Crippen LogP contribution in [0.25, 0.3) is 11.1 Å². The maximum Gasteiger partial charge on any atom is 0.296 e. The number of ether oxygens (including phenoxy) is 1. The van der Waals surface area contributed by atoms with Crippen LogP contribution < -0.4 is 10.1 Å². The third-order valence-electron chi connectivity index (χ3n) is 5.01. The van der Waals surface area contributed by atoms with Crippen LogP contribution in [0.2, 0.25) is 0 Å². The molecule has 1 heterocycles. The first kappa shape index (κ1) is 20.7. The second-order valence-electron chi connectivity index (χ2n) is 7.36. The summed E-state index contributed by atoms with van der Waals surface area (Å²) in [5.41, 5.74) is 3.62. The first-order valence-electron chi connectivity index (χ1n) is 9.84. The average molecular weight is 432 g/mol. The third kappa shape index (κ3) is 4.96. The summed E-state index contributed by atoms with van der Waals surface area (Å²) < 4.78 is 29.5. The Kier molecular flexibility index (Phi) is 5.79. The van der Waals surface area contributed by atoms with Gasteiger partial charge in [0.05, 0.1) is 11.4 Å². The minimum Gasteiger partial charge on any atom is -0.487 e. The molecule has 1 aliphatic rings. The molecule has 5 nitrogen and oxygen atoms in total. The highest BCUT2D eigenvalue weighted by molar-refractivity contribution is 7.90. The van der Waals surface area contributed by atoms with Gasteiger partial charge in [-0.3, -0.25) is 4.79 Å². The average Bonchev–Trinajstić information content (AvgIpc) is 3.20. The van der Waals surface area contributed by atoms with Crippen molar-refractivity contribution in [3.05, 3.63) is 83.9 Å². The van der Waals surface area contributed by atoms with Crippen molar-refractivity contribution in [3.63, 3.8) is 0 Å². The van der Waals surface area contributed by atoms with Crippen LogP contribution in [0.3, 0.4) is 0 Å². The fourth-order valence-electron chi connectivity index (χ4n) is 3.46. The molecule has 0 unspecified atom stereocenters. The molecule has 0 fully saturated rings. The van der Waals surface area contributed by atoms with Crippen LogP contribution in [0.4, 0.5) is 0 Å². The summed E-state index contributed by atoms with van der Waals surface area (Å²) in [5.74, 6) is 5.85. The maximum atomic E-state index is 12.1. The lowest BCUT2D eigenvalue weighted by Crippen LogP contribution is -2.33. The number of benzene rings is 3. The molecule has 0 aliphatic carbocycles. The molecule has 31 heavy (non-hydrogen) atoms. The van der Waals surface area contributed by atoms with Crippen molar-refractivity contribution in [1.29, 1.82) is 0 Å². The van der Waals surface area contributed by atoms with Gasteiger partial charge in [-0.2, -0.15) is 0 Å². The smallest absolute Gasteiger partial charge is 0.296 e. The number of para-hydroxylation sites is 1. The second kappa shape index (κ2) is 8.66. The fraction of sp³-hybridized carbons (Fsp3) is 0.160. The van der Waals surface area contributed by atoms with E-state index in [-0.39, 0.29) is 16.9 Å². The van der Waals surface area contributed by atoms with Crippen LogP contribution in [0, 0.1) is 11.8 Å². The highest BCUT2D eigenvalue weighted by Gasteiger charge is 2.26. The summed E-state index contributed by atoms with van der Waals surface area (Å²) in [6.07, 6.45) is 1.68. The minimum atomic E-state index is -3.24. The van der Waals surface area contributed by atoms with E-state index in [0.29, 0.717) is 13.0 Å². The predicted octanol–water partition coefficient (Wildman–Crippen LogP) is 3.23. The van der Waals surface area contributed by atoms with Gasteiger partial charge in [0.15, 0.2) is 9.84 Å². The SMILES string of the molecule is CS(=O)(=O)c1ccc(-c2cccc3c2O[C@@H](CNC(=O)C#Cc2ccccc2)C3)cc1. The molecule has 3 aromatic rings. The molecule has 1 amide bonds. The van der Waals surface area contributed by atoms with Crippen molar-refractivity contribution in [2.24, 2.45) is 0 Å². The van der Waals surface area contributed by atoms with E-state index in [1.54, 1.807) is 24.3 Å². The van der Waals surface area contributed by atoms with Gasteiger partial charge in [0, 0.05) is 29.7 Å². The number of hydrogen-bond donors (Lipinski definition) is 1. The molecule has 0 saturated carbocycles. The van der Waals surface area contributed by atoms with Crippen LogP contribution in [0.1, 0.15) is 11.1 Å². The molecule has 0 aromatic heterocycles. The van der Waals surface area contributed by atoms with Crippen molar-refractivity contribution in [3.8, 4) is 28.7 Å². The Morgan fingerprint density at radius 1 is 1.03 bits per heavy atom. The summed E-state index contributed by atoms with van der Waals surface area (Å²) >= 11 is 0. The first-order valence-corrected chi connectivity index (χ1v) is 11.7. The number of amides is 1. The molecule has 156 valence electrons. The number of hydrogen-bond acceptors (Lipinski definition) is 4. The Morgan fingerprint density at radius 3 is 2.48 bits per heavy atom. The van der Waals surface area contributed by atoms with E-state index >= 15 is 0 Å². The van der Waals surface area contributed by atoms with Gasteiger partial charge >= 0.3 is 0 Å². The molecule has 1 N–H and O–H groups in total. The molecule has 0 saturated heterocycles. The molecule has 1 aliphatic heterocycles. The fourth-order valence-corrected chi connectivity index (χ4v) is 4.09. The van der Waals surface area contributed by atoms with Crippen molar-refractivity contribution in [2.45, 2.75) is 17.4 Å². The molecule has 4 rings (SSSR count). The van der Waals surface area contributed by atoms with Crippen molar-refractivity contribution in [2.75, 3.05) is 12.8 Å². The number of nitrogens with one attached hydrogen (secondary N) is 1. The lowest BCUT2D eigenvalue weighted by atomic mass is 10.0. The molecular weight excluding hydrogens is 410 g/mol. The summed E-state index contributed by atoms with van der Waals surface area (Å²) in [7, 11) is -3.24. The summed E-state index contributed by atoms with van der Waals surface area (Å²) in [6, 6.07) is 22.0. The molecule has 0 spiro atoms. The van der Waals surface area contributed by atoms with Gasteiger partial charge in [0.25, 0.3) is 5.91 Å². The lowest BCUT2D eigenvalue weighted by Gasteiger charge is -2.13. The molecular formula is C25H21NO4S. The number of rotatable bonds is 4. The predicted molar refractivity (Wildman–Crippen MR) is 119 cm³/mol. The number of sulfone groups is 1. The van der Waals surface area contributed by atoms with Crippen molar-refractivity contribution >= 4 is 15.7 Å². The van der Waals surface area contributed by atoms with Gasteiger partial charge < -0.3 is 10.1 Å². The number of fused-ring (bicyclic) bond motifs is 1. The molecule has 0 radical (unpaired) electrons. The molecule has 3 aromatic carbocycles. The quantitative estimate of drug-likeness (QED) is 0.644. The molecule has 0 bridgehead atoms.